The Bertz CT molecular complexity index is 323. The molecule has 0 fully saturated rings. The van der Waals surface area contributed by atoms with Gasteiger partial charge in [0, 0.05) is 0 Å². The molecule has 0 aromatic heterocycles. The van der Waals surface area contributed by atoms with Crippen molar-refractivity contribution < 1.29 is 14.6 Å². The number of carbonyl (C=O) groups is 1. The fraction of sp³-hybridized carbons (Fsp3) is 0.300. The average Bonchev–Trinajstić information content (AvgIpc) is 2.14. The second-order valence-electron chi connectivity index (χ2n) is 3.19. The number of aromatic hydroxyl groups is 1. The first-order chi connectivity index (χ1) is 6.59. The lowest BCUT2D eigenvalue weighted by molar-refractivity contribution is 0.0575. The van der Waals surface area contributed by atoms with Crippen molar-refractivity contribution in [1.82, 2.24) is 0 Å². The van der Waals surface area contributed by atoms with Crippen molar-refractivity contribution in [2.45, 2.75) is 0 Å². The van der Waals surface area contributed by atoms with Crippen LogP contribution in [0.5, 0.6) is 5.75 Å². The number of esters is 1. The van der Waals surface area contributed by atoms with Crippen LogP contribution >= 0.6 is 7.92 Å². The van der Waals surface area contributed by atoms with E-state index < -0.39 is 0 Å². The Balaban J connectivity index is 2.61. The Kier molecular flexibility index (Phi) is 3.90. The first-order valence-electron chi connectivity index (χ1n) is 4.20. The third kappa shape index (κ3) is 3.35. The van der Waals surface area contributed by atoms with Crippen molar-refractivity contribution in [2.24, 2.45) is 0 Å². The van der Waals surface area contributed by atoms with Crippen LogP contribution in [-0.2, 0) is 4.74 Å². The van der Waals surface area contributed by atoms with Gasteiger partial charge < -0.3 is 9.84 Å². The highest BCUT2D eigenvalue weighted by Gasteiger charge is 2.07. The molecule has 1 aromatic rings. The van der Waals surface area contributed by atoms with Crippen LogP contribution in [0.2, 0.25) is 0 Å². The van der Waals surface area contributed by atoms with Gasteiger partial charge in [-0.1, -0.05) is 14.0 Å². The SMILES string of the molecule is CP(C)COC(=O)c1cccc(O)c1. The topological polar surface area (TPSA) is 46.5 Å². The molecule has 0 heterocycles. The lowest BCUT2D eigenvalue weighted by Gasteiger charge is -2.07. The van der Waals surface area contributed by atoms with Crippen molar-refractivity contribution in [3.05, 3.63) is 29.8 Å². The van der Waals surface area contributed by atoms with E-state index in [1.807, 2.05) is 13.3 Å². The molecular formula is C10H13O3P. The van der Waals surface area contributed by atoms with Gasteiger partial charge in [0.15, 0.2) is 0 Å². The number of benzene rings is 1. The molecule has 0 saturated heterocycles. The van der Waals surface area contributed by atoms with E-state index >= 15 is 0 Å². The number of carbonyl (C=O) groups excluding carboxylic acids is 1. The summed E-state index contributed by atoms with van der Waals surface area (Å²) in [6, 6.07) is 6.15. The van der Waals surface area contributed by atoms with Gasteiger partial charge in [-0.15, -0.1) is 0 Å². The number of hydrogen-bond acceptors (Lipinski definition) is 3. The van der Waals surface area contributed by atoms with E-state index in [2.05, 4.69) is 0 Å². The number of rotatable bonds is 3. The fourth-order valence-electron chi connectivity index (χ4n) is 0.904. The maximum atomic E-state index is 11.4. The lowest BCUT2D eigenvalue weighted by Crippen LogP contribution is -2.04. The second-order valence-corrected chi connectivity index (χ2v) is 5.61. The normalized spacial score (nSPS) is 10.2. The Hall–Kier alpha value is -1.08. The van der Waals surface area contributed by atoms with E-state index in [1.165, 1.54) is 12.1 Å². The van der Waals surface area contributed by atoms with E-state index in [9.17, 15) is 4.79 Å². The maximum Gasteiger partial charge on any atom is 0.338 e. The summed E-state index contributed by atoms with van der Waals surface area (Å²) < 4.78 is 5.02. The van der Waals surface area contributed by atoms with Gasteiger partial charge in [-0.2, -0.15) is 0 Å². The summed E-state index contributed by atoms with van der Waals surface area (Å²) in [4.78, 5) is 11.4. The fourth-order valence-corrected chi connectivity index (χ4v) is 1.28. The van der Waals surface area contributed by atoms with Crippen LogP contribution in [-0.4, -0.2) is 30.8 Å². The smallest absolute Gasteiger partial charge is 0.338 e. The molecule has 14 heavy (non-hydrogen) atoms. The highest BCUT2D eigenvalue weighted by atomic mass is 31.1. The maximum absolute atomic E-state index is 11.4. The minimum absolute atomic E-state index is 0.0784. The van der Waals surface area contributed by atoms with Crippen LogP contribution in [0.25, 0.3) is 0 Å². The van der Waals surface area contributed by atoms with Crippen LogP contribution in [0.4, 0.5) is 0 Å². The number of phenolic OH excluding ortho intramolecular Hbond substituents is 1. The molecule has 1 aromatic carbocycles. The van der Waals surface area contributed by atoms with Crippen LogP contribution in [0.3, 0.4) is 0 Å². The summed E-state index contributed by atoms with van der Waals surface area (Å²) in [5.41, 5.74) is 0.391. The largest absolute Gasteiger partial charge is 0.508 e. The van der Waals surface area contributed by atoms with Gasteiger partial charge in [0.25, 0.3) is 0 Å². The molecular weight excluding hydrogens is 199 g/mol. The highest BCUT2D eigenvalue weighted by Crippen LogP contribution is 2.24. The first-order valence-corrected chi connectivity index (χ1v) is 6.62. The number of hydrogen-bond donors (Lipinski definition) is 1. The number of ether oxygens (including phenoxy) is 1. The van der Waals surface area contributed by atoms with Gasteiger partial charge >= 0.3 is 5.97 Å². The molecule has 1 N–H and O–H groups in total. The van der Waals surface area contributed by atoms with Gasteiger partial charge in [-0.05, 0) is 31.5 Å². The Labute approximate surface area is 84.5 Å². The monoisotopic (exact) mass is 212 g/mol. The second kappa shape index (κ2) is 4.97. The molecule has 0 aliphatic carbocycles. The van der Waals surface area contributed by atoms with Crippen molar-refractivity contribution in [2.75, 3.05) is 19.7 Å². The molecule has 3 nitrogen and oxygen atoms in total. The van der Waals surface area contributed by atoms with Crippen molar-refractivity contribution in [1.29, 1.82) is 0 Å². The van der Waals surface area contributed by atoms with Gasteiger partial charge in [0.05, 0.1) is 5.56 Å². The van der Waals surface area contributed by atoms with E-state index in [-0.39, 0.29) is 19.6 Å². The molecule has 0 radical (unpaired) electrons. The van der Waals surface area contributed by atoms with E-state index in [0.717, 1.165) is 0 Å². The predicted molar refractivity (Wildman–Crippen MR) is 57.2 cm³/mol. The molecule has 0 spiro atoms. The zero-order valence-corrected chi connectivity index (χ0v) is 9.12. The molecule has 0 aliphatic rings. The van der Waals surface area contributed by atoms with Crippen LogP contribution < -0.4 is 0 Å². The first kappa shape index (κ1) is 11.0. The Morgan fingerprint density at radius 1 is 1.50 bits per heavy atom. The summed E-state index contributed by atoms with van der Waals surface area (Å²) in [6.07, 6.45) is 0.462. The molecule has 0 atom stereocenters. The third-order valence-corrected chi connectivity index (χ3v) is 2.18. The Morgan fingerprint density at radius 2 is 2.21 bits per heavy atom. The van der Waals surface area contributed by atoms with Crippen LogP contribution in [0.15, 0.2) is 24.3 Å². The summed E-state index contributed by atoms with van der Waals surface area (Å²) >= 11 is 0. The summed E-state index contributed by atoms with van der Waals surface area (Å²) in [5, 5.41) is 9.14. The average molecular weight is 212 g/mol. The molecule has 1 rings (SSSR count). The van der Waals surface area contributed by atoms with E-state index in [1.54, 1.807) is 12.1 Å². The van der Waals surface area contributed by atoms with Gasteiger partial charge in [-0.25, -0.2) is 4.79 Å². The zero-order chi connectivity index (χ0) is 10.6. The molecule has 4 heteroatoms. The van der Waals surface area contributed by atoms with Crippen LogP contribution in [0.1, 0.15) is 10.4 Å². The number of phenols is 1. The summed E-state index contributed by atoms with van der Waals surface area (Å²) in [5.74, 6) is -0.299. The minimum Gasteiger partial charge on any atom is -0.508 e. The predicted octanol–water partition coefficient (Wildman–Crippen LogP) is 2.25. The van der Waals surface area contributed by atoms with Crippen molar-refractivity contribution in [3.8, 4) is 5.75 Å². The standard InChI is InChI=1S/C10H13O3P/c1-14(2)7-13-10(12)8-4-3-5-9(11)6-8/h3-6,11H,7H2,1-2H3. The quantitative estimate of drug-likeness (QED) is 0.617. The zero-order valence-electron chi connectivity index (χ0n) is 8.23. The molecule has 0 bridgehead atoms. The third-order valence-electron chi connectivity index (χ3n) is 1.54. The van der Waals surface area contributed by atoms with Crippen LogP contribution in [0, 0.1) is 0 Å². The van der Waals surface area contributed by atoms with E-state index in [0.29, 0.717) is 11.9 Å². The van der Waals surface area contributed by atoms with Crippen molar-refractivity contribution >= 4 is 13.9 Å². The molecule has 76 valence electrons. The molecule has 0 unspecified atom stereocenters. The highest BCUT2D eigenvalue weighted by molar-refractivity contribution is 7.55. The van der Waals surface area contributed by atoms with Gasteiger partial charge in [-0.3, -0.25) is 0 Å². The summed E-state index contributed by atoms with van der Waals surface area (Å²) in [7, 11) is -0.237. The molecule has 0 aliphatic heterocycles. The molecule has 0 saturated carbocycles. The van der Waals surface area contributed by atoms with Gasteiger partial charge in [0.1, 0.15) is 12.1 Å². The van der Waals surface area contributed by atoms with Gasteiger partial charge in [0.2, 0.25) is 0 Å². The minimum atomic E-state index is -0.378. The van der Waals surface area contributed by atoms with Crippen molar-refractivity contribution in [3.63, 3.8) is 0 Å². The molecule has 0 amide bonds. The van der Waals surface area contributed by atoms with E-state index in [4.69, 9.17) is 9.84 Å². The lowest BCUT2D eigenvalue weighted by atomic mass is 10.2. The Morgan fingerprint density at radius 3 is 2.79 bits per heavy atom. The summed E-state index contributed by atoms with van der Waals surface area (Å²) in [6.45, 7) is 4.07.